The van der Waals surface area contributed by atoms with Gasteiger partial charge >= 0.3 is 5.97 Å². The topological polar surface area (TPSA) is 124 Å². The fraction of sp³-hybridized carbons (Fsp3) is 0.0968. The Morgan fingerprint density at radius 2 is 1.48 bits per heavy atom. The molecule has 9 nitrogen and oxygen atoms in total. The van der Waals surface area contributed by atoms with Gasteiger partial charge in [-0.25, -0.2) is 9.69 Å². The first kappa shape index (κ1) is 26.2. The molecule has 0 N–H and O–H groups in total. The lowest BCUT2D eigenvalue weighted by molar-refractivity contribution is -0.384. The number of Topliss-reactive ketones (excluding diaryl/α,β-unsaturated/α-hetero) is 1. The number of ether oxygens (including phenoxy) is 1. The zero-order valence-electron chi connectivity index (χ0n) is 21.3. The molecule has 5 rings (SSSR count). The van der Waals surface area contributed by atoms with Gasteiger partial charge in [-0.15, -0.1) is 0 Å². The summed E-state index contributed by atoms with van der Waals surface area (Å²) in [5, 5.41) is 11.1. The zero-order valence-corrected chi connectivity index (χ0v) is 21.3. The molecule has 0 spiro atoms. The largest absolute Gasteiger partial charge is 0.445 e. The molecular formula is C31H22N2O7. The molecule has 0 bridgehead atoms. The van der Waals surface area contributed by atoms with Crippen molar-refractivity contribution < 1.29 is 28.8 Å². The molecule has 0 saturated heterocycles. The number of ketones is 1. The minimum Gasteiger partial charge on any atom is -0.445 e. The van der Waals surface area contributed by atoms with E-state index in [1.165, 1.54) is 42.5 Å². The first-order valence-corrected chi connectivity index (χ1v) is 12.4. The number of anilines is 1. The van der Waals surface area contributed by atoms with Crippen molar-refractivity contribution in [3.63, 3.8) is 0 Å². The Morgan fingerprint density at radius 3 is 2.10 bits per heavy atom. The van der Waals surface area contributed by atoms with Gasteiger partial charge in [-0.1, -0.05) is 49.4 Å². The van der Waals surface area contributed by atoms with Crippen molar-refractivity contribution in [3.05, 3.63) is 141 Å². The third-order valence-electron chi connectivity index (χ3n) is 6.65. The molecule has 4 aromatic carbocycles. The number of aryl methyl sites for hydroxylation is 1. The van der Waals surface area contributed by atoms with E-state index in [-0.39, 0.29) is 33.5 Å². The summed E-state index contributed by atoms with van der Waals surface area (Å²) in [6, 6.07) is 24.4. The van der Waals surface area contributed by atoms with Gasteiger partial charge in [0.15, 0.2) is 6.10 Å². The number of hydrogen-bond donors (Lipinski definition) is 0. The first-order chi connectivity index (χ1) is 19.3. The minimum atomic E-state index is -1.41. The van der Waals surface area contributed by atoms with Gasteiger partial charge in [-0.05, 0) is 54.4 Å². The van der Waals surface area contributed by atoms with Crippen molar-refractivity contribution >= 4 is 34.9 Å². The minimum absolute atomic E-state index is 0.0316. The number of nitro groups is 1. The van der Waals surface area contributed by atoms with Crippen LogP contribution in [-0.2, 0) is 11.2 Å². The van der Waals surface area contributed by atoms with Crippen LogP contribution in [0.3, 0.4) is 0 Å². The van der Waals surface area contributed by atoms with Gasteiger partial charge in [0.25, 0.3) is 17.5 Å². The van der Waals surface area contributed by atoms with Crippen LogP contribution in [0.5, 0.6) is 0 Å². The Morgan fingerprint density at radius 1 is 0.825 bits per heavy atom. The lowest BCUT2D eigenvalue weighted by Crippen LogP contribution is -2.29. The second kappa shape index (κ2) is 10.7. The van der Waals surface area contributed by atoms with Crippen LogP contribution in [0, 0.1) is 10.1 Å². The van der Waals surface area contributed by atoms with Gasteiger partial charge in [0.1, 0.15) is 0 Å². The summed E-state index contributed by atoms with van der Waals surface area (Å²) in [7, 11) is 0. The number of nitro benzene ring substituents is 1. The molecule has 40 heavy (non-hydrogen) atoms. The average molecular weight is 535 g/mol. The summed E-state index contributed by atoms with van der Waals surface area (Å²) in [5.74, 6) is -2.52. The Bertz CT molecular complexity index is 1650. The van der Waals surface area contributed by atoms with Crippen molar-refractivity contribution in [2.45, 2.75) is 19.4 Å². The number of non-ortho nitro benzene ring substituents is 1. The van der Waals surface area contributed by atoms with Gasteiger partial charge in [0, 0.05) is 23.3 Å². The van der Waals surface area contributed by atoms with Crippen molar-refractivity contribution in [2.75, 3.05) is 4.90 Å². The SMILES string of the molecule is CCc1ccc(N2C(=O)c3ccc(C(=O)O[C@@H](C(=O)c4ccccc4)c4ccc([N+](=O)[O-])cc4)cc3C2=O)cc1. The Labute approximate surface area is 228 Å². The molecule has 0 unspecified atom stereocenters. The fourth-order valence-corrected chi connectivity index (χ4v) is 4.46. The molecule has 4 aromatic rings. The highest BCUT2D eigenvalue weighted by Crippen LogP contribution is 2.31. The summed E-state index contributed by atoms with van der Waals surface area (Å²) < 4.78 is 5.63. The van der Waals surface area contributed by atoms with Crippen LogP contribution >= 0.6 is 0 Å². The summed E-state index contributed by atoms with van der Waals surface area (Å²) in [4.78, 5) is 64.4. The Hall–Kier alpha value is -5.44. The van der Waals surface area contributed by atoms with Crippen molar-refractivity contribution in [3.8, 4) is 0 Å². The van der Waals surface area contributed by atoms with Crippen LogP contribution in [0.15, 0.2) is 97.1 Å². The molecule has 0 aromatic heterocycles. The van der Waals surface area contributed by atoms with E-state index in [1.54, 1.807) is 42.5 Å². The smallest absolute Gasteiger partial charge is 0.339 e. The summed E-state index contributed by atoms with van der Waals surface area (Å²) in [5.41, 5.74) is 1.96. The number of hydrogen-bond acceptors (Lipinski definition) is 7. The predicted molar refractivity (Wildman–Crippen MR) is 145 cm³/mol. The van der Waals surface area contributed by atoms with Gasteiger partial charge in [-0.3, -0.25) is 24.5 Å². The summed E-state index contributed by atoms with van der Waals surface area (Å²) in [6.45, 7) is 2.00. The molecule has 9 heteroatoms. The van der Waals surface area contributed by atoms with Crippen molar-refractivity contribution in [1.82, 2.24) is 0 Å². The highest BCUT2D eigenvalue weighted by atomic mass is 16.6. The van der Waals surface area contributed by atoms with Crippen molar-refractivity contribution in [1.29, 1.82) is 0 Å². The third kappa shape index (κ3) is 4.88. The lowest BCUT2D eigenvalue weighted by Gasteiger charge is -2.17. The number of fused-ring (bicyclic) bond motifs is 1. The van der Waals surface area contributed by atoms with Gasteiger partial charge in [-0.2, -0.15) is 0 Å². The number of benzene rings is 4. The summed E-state index contributed by atoms with van der Waals surface area (Å²) in [6.07, 6.45) is -0.600. The molecule has 1 aliphatic heterocycles. The van der Waals surface area contributed by atoms with E-state index < -0.39 is 34.6 Å². The molecule has 1 atom stereocenters. The molecule has 0 fully saturated rings. The van der Waals surface area contributed by atoms with Crippen LogP contribution in [0.4, 0.5) is 11.4 Å². The standard InChI is InChI=1S/C31H22N2O7/c1-2-19-8-13-23(14-9-19)32-29(35)25-17-12-22(18-26(25)30(32)36)31(37)40-28(27(34)20-6-4-3-5-7-20)21-10-15-24(16-11-21)33(38)39/h3-18,28H,2H2,1H3/t28-/m1/s1. The Kier molecular flexibility index (Phi) is 7.03. The maximum Gasteiger partial charge on any atom is 0.339 e. The van der Waals surface area contributed by atoms with Gasteiger partial charge in [0.2, 0.25) is 5.78 Å². The lowest BCUT2D eigenvalue weighted by atomic mass is 9.99. The quantitative estimate of drug-likeness (QED) is 0.0928. The number of rotatable bonds is 8. The third-order valence-corrected chi connectivity index (χ3v) is 6.65. The van der Waals surface area contributed by atoms with E-state index in [2.05, 4.69) is 0 Å². The van der Waals surface area contributed by atoms with Crippen LogP contribution < -0.4 is 4.90 Å². The van der Waals surface area contributed by atoms with E-state index >= 15 is 0 Å². The molecule has 0 aliphatic carbocycles. The number of nitrogens with zero attached hydrogens (tertiary/aromatic N) is 2. The maximum atomic E-state index is 13.3. The summed E-state index contributed by atoms with van der Waals surface area (Å²) >= 11 is 0. The second-order valence-corrected chi connectivity index (χ2v) is 9.09. The Balaban J connectivity index is 1.44. The number of amides is 2. The second-order valence-electron chi connectivity index (χ2n) is 9.09. The van der Waals surface area contributed by atoms with Crippen molar-refractivity contribution in [2.24, 2.45) is 0 Å². The predicted octanol–water partition coefficient (Wildman–Crippen LogP) is 5.74. The average Bonchev–Trinajstić information content (AvgIpc) is 3.24. The number of carbonyl (C=O) groups is 4. The molecule has 2 amide bonds. The number of imide groups is 1. The number of carbonyl (C=O) groups excluding carboxylic acids is 4. The molecule has 1 heterocycles. The highest BCUT2D eigenvalue weighted by Gasteiger charge is 2.37. The molecule has 0 radical (unpaired) electrons. The maximum absolute atomic E-state index is 13.3. The highest BCUT2D eigenvalue weighted by molar-refractivity contribution is 6.34. The van der Waals surface area contributed by atoms with E-state index in [0.717, 1.165) is 16.9 Å². The molecule has 0 saturated carbocycles. The van der Waals surface area contributed by atoms with E-state index in [4.69, 9.17) is 4.74 Å². The monoisotopic (exact) mass is 534 g/mol. The van der Waals surface area contributed by atoms with E-state index in [0.29, 0.717) is 5.69 Å². The van der Waals surface area contributed by atoms with Crippen LogP contribution in [0.1, 0.15) is 65.6 Å². The van der Waals surface area contributed by atoms with Crippen LogP contribution in [-0.4, -0.2) is 28.5 Å². The zero-order chi connectivity index (χ0) is 28.4. The van der Waals surface area contributed by atoms with Gasteiger partial charge < -0.3 is 4.74 Å². The van der Waals surface area contributed by atoms with Gasteiger partial charge in [0.05, 0.1) is 27.3 Å². The number of esters is 1. The molecule has 198 valence electrons. The van der Waals surface area contributed by atoms with E-state index in [1.807, 2.05) is 19.1 Å². The first-order valence-electron chi connectivity index (χ1n) is 12.4. The van der Waals surface area contributed by atoms with E-state index in [9.17, 15) is 29.3 Å². The molecular weight excluding hydrogens is 512 g/mol. The fourth-order valence-electron chi connectivity index (χ4n) is 4.46. The van der Waals surface area contributed by atoms with Crippen LogP contribution in [0.25, 0.3) is 0 Å². The normalized spacial score (nSPS) is 13.1. The molecule has 1 aliphatic rings. The van der Waals surface area contributed by atoms with Crippen LogP contribution in [0.2, 0.25) is 0 Å².